The first kappa shape index (κ1) is 11.2. The SMILES string of the molecule is C#CCNc1nc(Cl)nc2sc(CC)cc12. The van der Waals surface area contributed by atoms with Gasteiger partial charge in [0.25, 0.3) is 0 Å². The van der Waals surface area contributed by atoms with E-state index >= 15 is 0 Å². The maximum absolute atomic E-state index is 5.85. The fourth-order valence-electron chi connectivity index (χ4n) is 1.39. The van der Waals surface area contributed by atoms with E-state index in [1.807, 2.05) is 0 Å². The highest BCUT2D eigenvalue weighted by atomic mass is 35.5. The molecule has 0 unspecified atom stereocenters. The van der Waals surface area contributed by atoms with Gasteiger partial charge in [-0.3, -0.25) is 0 Å². The second kappa shape index (κ2) is 4.69. The zero-order valence-corrected chi connectivity index (χ0v) is 10.3. The van der Waals surface area contributed by atoms with Crippen molar-refractivity contribution in [2.75, 3.05) is 11.9 Å². The predicted molar refractivity (Wildman–Crippen MR) is 69.1 cm³/mol. The topological polar surface area (TPSA) is 37.8 Å². The number of terminal acetylenes is 1. The number of nitrogens with one attached hydrogen (secondary N) is 1. The van der Waals surface area contributed by atoms with E-state index in [9.17, 15) is 0 Å². The first-order valence-electron chi connectivity index (χ1n) is 4.88. The molecule has 0 saturated heterocycles. The van der Waals surface area contributed by atoms with E-state index in [2.05, 4.69) is 34.2 Å². The Morgan fingerprint density at radius 2 is 2.38 bits per heavy atom. The highest BCUT2D eigenvalue weighted by Crippen LogP contribution is 2.30. The molecule has 0 radical (unpaired) electrons. The quantitative estimate of drug-likeness (QED) is 0.673. The molecule has 5 heteroatoms. The third-order valence-electron chi connectivity index (χ3n) is 2.12. The summed E-state index contributed by atoms with van der Waals surface area (Å²) in [5.41, 5.74) is 0. The average molecular weight is 252 g/mol. The van der Waals surface area contributed by atoms with E-state index in [4.69, 9.17) is 18.0 Å². The van der Waals surface area contributed by atoms with Crippen molar-refractivity contribution in [1.82, 2.24) is 9.97 Å². The van der Waals surface area contributed by atoms with Crippen LogP contribution in [0.5, 0.6) is 0 Å². The maximum atomic E-state index is 5.85. The number of anilines is 1. The van der Waals surface area contributed by atoms with Crippen molar-refractivity contribution in [3.8, 4) is 12.3 Å². The molecule has 2 aromatic rings. The molecular formula is C11H10ClN3S. The molecule has 0 amide bonds. The van der Waals surface area contributed by atoms with Crippen molar-refractivity contribution in [3.63, 3.8) is 0 Å². The lowest BCUT2D eigenvalue weighted by Gasteiger charge is -2.02. The molecular weight excluding hydrogens is 242 g/mol. The van der Waals surface area contributed by atoms with Gasteiger partial charge in [-0.25, -0.2) is 9.97 Å². The summed E-state index contributed by atoms with van der Waals surface area (Å²) >= 11 is 7.48. The van der Waals surface area contributed by atoms with Gasteiger partial charge in [-0.1, -0.05) is 12.8 Å². The Hall–Kier alpha value is -1.31. The molecule has 0 aliphatic heterocycles. The normalized spacial score (nSPS) is 10.3. The van der Waals surface area contributed by atoms with Crippen molar-refractivity contribution in [2.24, 2.45) is 0 Å². The largest absolute Gasteiger partial charge is 0.358 e. The third-order valence-corrected chi connectivity index (χ3v) is 3.47. The van der Waals surface area contributed by atoms with Gasteiger partial charge in [0.15, 0.2) is 0 Å². The molecule has 2 aromatic heterocycles. The summed E-state index contributed by atoms with van der Waals surface area (Å²) in [5.74, 6) is 3.22. The highest BCUT2D eigenvalue weighted by Gasteiger charge is 2.09. The molecule has 0 aliphatic rings. The number of aryl methyl sites for hydroxylation is 1. The van der Waals surface area contributed by atoms with Crippen molar-refractivity contribution >= 4 is 39.0 Å². The van der Waals surface area contributed by atoms with Gasteiger partial charge in [-0.05, 0) is 24.1 Å². The molecule has 1 N–H and O–H groups in total. The van der Waals surface area contributed by atoms with Gasteiger partial charge < -0.3 is 5.32 Å². The lowest BCUT2D eigenvalue weighted by atomic mass is 10.3. The van der Waals surface area contributed by atoms with Gasteiger partial charge in [0.2, 0.25) is 5.28 Å². The van der Waals surface area contributed by atoms with Crippen molar-refractivity contribution in [2.45, 2.75) is 13.3 Å². The minimum Gasteiger partial charge on any atom is -0.358 e. The van der Waals surface area contributed by atoms with E-state index in [-0.39, 0.29) is 5.28 Å². The third kappa shape index (κ3) is 2.11. The highest BCUT2D eigenvalue weighted by molar-refractivity contribution is 7.18. The van der Waals surface area contributed by atoms with Gasteiger partial charge in [-0.2, -0.15) is 0 Å². The Labute approximate surface area is 103 Å². The summed E-state index contributed by atoms with van der Waals surface area (Å²) in [6, 6.07) is 2.08. The fourth-order valence-corrected chi connectivity index (χ4v) is 2.58. The number of fused-ring (bicyclic) bond motifs is 1. The van der Waals surface area contributed by atoms with E-state index in [0.29, 0.717) is 12.4 Å². The second-order valence-corrected chi connectivity index (χ2v) is 4.64. The first-order valence-corrected chi connectivity index (χ1v) is 6.07. The van der Waals surface area contributed by atoms with Crippen LogP contribution in [0.1, 0.15) is 11.8 Å². The molecule has 16 heavy (non-hydrogen) atoms. The zero-order valence-electron chi connectivity index (χ0n) is 8.75. The van der Waals surface area contributed by atoms with Crippen molar-refractivity contribution in [1.29, 1.82) is 0 Å². The van der Waals surface area contributed by atoms with Gasteiger partial charge in [0, 0.05) is 4.88 Å². The molecule has 0 saturated carbocycles. The molecule has 2 heterocycles. The number of aromatic nitrogens is 2. The van der Waals surface area contributed by atoms with Crippen LogP contribution in [0.2, 0.25) is 5.28 Å². The van der Waals surface area contributed by atoms with Crippen LogP contribution < -0.4 is 5.32 Å². The molecule has 82 valence electrons. The number of halogens is 1. The Balaban J connectivity index is 2.53. The van der Waals surface area contributed by atoms with Crippen LogP contribution in [0.3, 0.4) is 0 Å². The molecule has 0 fully saturated rings. The van der Waals surface area contributed by atoms with E-state index in [1.54, 1.807) is 11.3 Å². The van der Waals surface area contributed by atoms with Crippen LogP contribution >= 0.6 is 22.9 Å². The molecule has 2 rings (SSSR count). The molecule has 3 nitrogen and oxygen atoms in total. The zero-order chi connectivity index (χ0) is 11.5. The molecule has 0 aromatic carbocycles. The van der Waals surface area contributed by atoms with E-state index in [0.717, 1.165) is 16.6 Å². The maximum Gasteiger partial charge on any atom is 0.225 e. The van der Waals surface area contributed by atoms with Gasteiger partial charge in [0.1, 0.15) is 10.6 Å². The van der Waals surface area contributed by atoms with Crippen LogP contribution in [-0.2, 0) is 6.42 Å². The Morgan fingerprint density at radius 1 is 1.56 bits per heavy atom. The Bertz CT molecular complexity index is 556. The summed E-state index contributed by atoms with van der Waals surface area (Å²) in [5, 5.41) is 4.28. The average Bonchev–Trinajstić information content (AvgIpc) is 2.68. The molecule has 0 bridgehead atoms. The van der Waals surface area contributed by atoms with Crippen LogP contribution in [0.15, 0.2) is 6.07 Å². The number of thiophene rings is 1. The van der Waals surface area contributed by atoms with Crippen LogP contribution in [0.4, 0.5) is 5.82 Å². The van der Waals surface area contributed by atoms with Gasteiger partial charge in [0.05, 0.1) is 11.9 Å². The standard InChI is InChI=1S/C11H10ClN3S/c1-3-5-13-9-8-6-7(4-2)16-10(8)15-11(12)14-9/h1,6H,4-5H2,2H3,(H,13,14,15). The lowest BCUT2D eigenvalue weighted by molar-refractivity contribution is 1.18. The van der Waals surface area contributed by atoms with E-state index in [1.165, 1.54) is 4.88 Å². The molecule has 0 atom stereocenters. The summed E-state index contributed by atoms with van der Waals surface area (Å²) in [6.07, 6.45) is 6.18. The van der Waals surface area contributed by atoms with Crippen LogP contribution in [0.25, 0.3) is 10.2 Å². The number of rotatable bonds is 3. The van der Waals surface area contributed by atoms with Gasteiger partial charge in [-0.15, -0.1) is 17.8 Å². The summed E-state index contributed by atoms with van der Waals surface area (Å²) < 4.78 is 0. The van der Waals surface area contributed by atoms with Crippen molar-refractivity contribution in [3.05, 3.63) is 16.2 Å². The minimum atomic E-state index is 0.247. The second-order valence-electron chi connectivity index (χ2n) is 3.18. The number of hydrogen-bond acceptors (Lipinski definition) is 4. The van der Waals surface area contributed by atoms with Crippen LogP contribution in [0, 0.1) is 12.3 Å². The van der Waals surface area contributed by atoms with Crippen LogP contribution in [-0.4, -0.2) is 16.5 Å². The summed E-state index contributed by atoms with van der Waals surface area (Å²) in [4.78, 5) is 10.5. The van der Waals surface area contributed by atoms with Crippen molar-refractivity contribution < 1.29 is 0 Å². The summed E-state index contributed by atoms with van der Waals surface area (Å²) in [6.45, 7) is 2.54. The number of nitrogens with zero attached hydrogens (tertiary/aromatic N) is 2. The van der Waals surface area contributed by atoms with Gasteiger partial charge >= 0.3 is 0 Å². The molecule has 0 aliphatic carbocycles. The summed E-state index contributed by atoms with van der Waals surface area (Å²) in [7, 11) is 0. The smallest absolute Gasteiger partial charge is 0.225 e. The number of hydrogen-bond donors (Lipinski definition) is 1. The fraction of sp³-hybridized carbons (Fsp3) is 0.273. The van der Waals surface area contributed by atoms with E-state index < -0.39 is 0 Å². The molecule has 0 spiro atoms. The Kier molecular flexibility index (Phi) is 3.28. The first-order chi connectivity index (χ1) is 7.74. The monoisotopic (exact) mass is 251 g/mol. The Morgan fingerprint density at radius 3 is 3.06 bits per heavy atom. The predicted octanol–water partition coefficient (Wildman–Crippen LogP) is 2.95. The minimum absolute atomic E-state index is 0.247. The lowest BCUT2D eigenvalue weighted by Crippen LogP contribution is -2.01.